The molecule has 0 aliphatic carbocycles. The van der Waals surface area contributed by atoms with Gasteiger partial charge in [0, 0.05) is 32.0 Å². The summed E-state index contributed by atoms with van der Waals surface area (Å²) < 4.78 is 10.4. The van der Waals surface area contributed by atoms with Gasteiger partial charge in [-0.15, -0.1) is 0 Å². The summed E-state index contributed by atoms with van der Waals surface area (Å²) in [6, 6.07) is 0.244. The zero-order valence-corrected chi connectivity index (χ0v) is 11.1. The maximum Gasteiger partial charge on any atom is 0.316 e. The first-order chi connectivity index (χ1) is 9.19. The lowest BCUT2D eigenvalue weighted by Crippen LogP contribution is -2.45. The first kappa shape index (κ1) is 13.7. The van der Waals surface area contributed by atoms with Crippen LogP contribution in [0.1, 0.15) is 10.4 Å². The van der Waals surface area contributed by atoms with E-state index >= 15 is 0 Å². The van der Waals surface area contributed by atoms with Crippen molar-refractivity contribution in [2.75, 3.05) is 40.4 Å². The van der Waals surface area contributed by atoms with Crippen molar-refractivity contribution in [1.29, 1.82) is 0 Å². The summed E-state index contributed by atoms with van der Waals surface area (Å²) in [7, 11) is 3.51. The van der Waals surface area contributed by atoms with E-state index in [1.54, 1.807) is 0 Å². The monoisotopic (exact) mass is 266 g/mol. The molecule has 1 atom stereocenters. The lowest BCUT2D eigenvalue weighted by molar-refractivity contribution is -0.0175. The zero-order valence-electron chi connectivity index (χ0n) is 11.1. The Morgan fingerprint density at radius 2 is 2.32 bits per heavy atom. The normalized spacial score (nSPS) is 20.0. The third-order valence-corrected chi connectivity index (χ3v) is 2.91. The molecule has 1 fully saturated rings. The van der Waals surface area contributed by atoms with E-state index in [9.17, 15) is 4.79 Å². The number of rotatable bonds is 4. The van der Waals surface area contributed by atoms with Crippen LogP contribution in [0.3, 0.4) is 0 Å². The molecule has 0 radical (unpaired) electrons. The zero-order chi connectivity index (χ0) is 13.7. The molecule has 104 valence electrons. The number of ether oxygens (including phenoxy) is 2. The number of methoxy groups -OCH3 is 1. The summed E-state index contributed by atoms with van der Waals surface area (Å²) >= 11 is 0. The van der Waals surface area contributed by atoms with Crippen LogP contribution in [-0.4, -0.2) is 67.3 Å². The molecule has 7 heteroatoms. The highest BCUT2D eigenvalue weighted by Gasteiger charge is 2.18. The Kier molecular flexibility index (Phi) is 4.64. The minimum Gasteiger partial charge on any atom is -0.467 e. The summed E-state index contributed by atoms with van der Waals surface area (Å²) in [5, 5.41) is 2.82. The Labute approximate surface area is 111 Å². The van der Waals surface area contributed by atoms with E-state index in [2.05, 4.69) is 20.2 Å². The van der Waals surface area contributed by atoms with Crippen LogP contribution in [0.15, 0.2) is 12.4 Å². The highest BCUT2D eigenvalue weighted by Crippen LogP contribution is 2.04. The molecule has 0 saturated carbocycles. The number of hydrogen-bond donors (Lipinski definition) is 1. The van der Waals surface area contributed by atoms with Crippen LogP contribution in [0.25, 0.3) is 0 Å². The summed E-state index contributed by atoms with van der Waals surface area (Å²) in [5.41, 5.74) is 0.407. The van der Waals surface area contributed by atoms with Crippen LogP contribution >= 0.6 is 0 Å². The van der Waals surface area contributed by atoms with Crippen molar-refractivity contribution in [2.45, 2.75) is 6.10 Å². The number of carbonyl (C=O) groups excluding carboxylic acids is 1. The third kappa shape index (κ3) is 3.87. The van der Waals surface area contributed by atoms with Gasteiger partial charge in [-0.3, -0.25) is 4.79 Å². The average molecular weight is 266 g/mol. The van der Waals surface area contributed by atoms with Gasteiger partial charge in [0.05, 0.1) is 25.4 Å². The van der Waals surface area contributed by atoms with Crippen molar-refractivity contribution in [3.8, 4) is 6.01 Å². The second kappa shape index (κ2) is 6.44. The van der Waals surface area contributed by atoms with Gasteiger partial charge >= 0.3 is 6.01 Å². The standard InChI is InChI=1S/C12H18N4O3/c1-16-3-4-19-10(8-16)7-13-11(17)9-5-14-12(18-2)15-6-9/h5-6,10H,3-4,7-8H2,1-2H3,(H,13,17)/t10-/m0/s1. The average Bonchev–Trinajstić information content (AvgIpc) is 2.45. The molecule has 1 N–H and O–H groups in total. The Balaban J connectivity index is 1.83. The van der Waals surface area contributed by atoms with Gasteiger partial charge in [0.25, 0.3) is 5.91 Å². The molecule has 1 aromatic heterocycles. The van der Waals surface area contributed by atoms with Gasteiger partial charge in [-0.05, 0) is 7.05 Å². The molecule has 1 aromatic rings. The van der Waals surface area contributed by atoms with E-state index < -0.39 is 0 Å². The van der Waals surface area contributed by atoms with Crippen LogP contribution in [0, 0.1) is 0 Å². The van der Waals surface area contributed by atoms with Crippen molar-refractivity contribution in [3.05, 3.63) is 18.0 Å². The van der Waals surface area contributed by atoms with Crippen molar-refractivity contribution in [2.24, 2.45) is 0 Å². The summed E-state index contributed by atoms with van der Waals surface area (Å²) in [6.45, 7) is 2.92. The SMILES string of the molecule is COc1ncc(C(=O)NC[C@H]2CN(C)CCO2)cn1. The molecule has 0 aromatic carbocycles. The van der Waals surface area contributed by atoms with Crippen LogP contribution in [-0.2, 0) is 4.74 Å². The second-order valence-corrected chi connectivity index (χ2v) is 4.42. The Bertz CT molecular complexity index is 423. The fourth-order valence-electron chi connectivity index (χ4n) is 1.84. The van der Waals surface area contributed by atoms with Crippen LogP contribution in [0.2, 0.25) is 0 Å². The molecule has 0 bridgehead atoms. The number of hydrogen-bond acceptors (Lipinski definition) is 6. The van der Waals surface area contributed by atoms with Gasteiger partial charge in [-0.25, -0.2) is 9.97 Å². The number of carbonyl (C=O) groups is 1. The first-order valence-electron chi connectivity index (χ1n) is 6.13. The fourth-order valence-corrected chi connectivity index (χ4v) is 1.84. The highest BCUT2D eigenvalue weighted by atomic mass is 16.5. The predicted molar refractivity (Wildman–Crippen MR) is 68.2 cm³/mol. The van der Waals surface area contributed by atoms with Crippen LogP contribution in [0.5, 0.6) is 6.01 Å². The van der Waals surface area contributed by atoms with Crippen molar-refractivity contribution in [1.82, 2.24) is 20.2 Å². The first-order valence-corrected chi connectivity index (χ1v) is 6.13. The van der Waals surface area contributed by atoms with Crippen LogP contribution in [0.4, 0.5) is 0 Å². The number of aromatic nitrogens is 2. The molecular weight excluding hydrogens is 248 g/mol. The number of morpholine rings is 1. The van der Waals surface area contributed by atoms with Gasteiger partial charge in [-0.2, -0.15) is 0 Å². The Morgan fingerprint density at radius 3 is 2.95 bits per heavy atom. The molecular formula is C12H18N4O3. The second-order valence-electron chi connectivity index (χ2n) is 4.42. The van der Waals surface area contributed by atoms with E-state index in [0.717, 1.165) is 13.1 Å². The molecule has 0 unspecified atom stereocenters. The van der Waals surface area contributed by atoms with E-state index in [1.807, 2.05) is 7.05 Å². The van der Waals surface area contributed by atoms with Crippen molar-refractivity contribution >= 4 is 5.91 Å². The topological polar surface area (TPSA) is 76.6 Å². The molecule has 1 aliphatic heterocycles. The minimum atomic E-state index is -0.209. The molecule has 1 saturated heterocycles. The largest absolute Gasteiger partial charge is 0.467 e. The smallest absolute Gasteiger partial charge is 0.316 e. The highest BCUT2D eigenvalue weighted by molar-refractivity contribution is 5.93. The molecule has 19 heavy (non-hydrogen) atoms. The summed E-state index contributed by atoms with van der Waals surface area (Å²) in [4.78, 5) is 21.8. The summed E-state index contributed by atoms with van der Waals surface area (Å²) in [6.07, 6.45) is 2.91. The van der Waals surface area contributed by atoms with E-state index in [-0.39, 0.29) is 18.0 Å². The van der Waals surface area contributed by atoms with Gasteiger partial charge in [0.15, 0.2) is 0 Å². The lowest BCUT2D eigenvalue weighted by Gasteiger charge is -2.30. The molecule has 1 aliphatic rings. The van der Waals surface area contributed by atoms with E-state index in [1.165, 1.54) is 19.5 Å². The maximum atomic E-state index is 11.9. The van der Waals surface area contributed by atoms with Gasteiger partial charge in [0.2, 0.25) is 0 Å². The number of nitrogens with zero attached hydrogens (tertiary/aromatic N) is 3. The maximum absolute atomic E-state index is 11.9. The number of nitrogens with one attached hydrogen (secondary N) is 1. The molecule has 1 amide bonds. The molecule has 2 heterocycles. The van der Waals surface area contributed by atoms with Crippen molar-refractivity contribution in [3.63, 3.8) is 0 Å². The fraction of sp³-hybridized carbons (Fsp3) is 0.583. The Hall–Kier alpha value is -1.73. The minimum absolute atomic E-state index is 0.0295. The van der Waals surface area contributed by atoms with Crippen molar-refractivity contribution < 1.29 is 14.3 Å². The number of likely N-dealkylation sites (N-methyl/N-ethyl adjacent to an activating group) is 1. The molecule has 2 rings (SSSR count). The van der Waals surface area contributed by atoms with E-state index in [0.29, 0.717) is 18.7 Å². The van der Waals surface area contributed by atoms with Gasteiger partial charge < -0.3 is 19.7 Å². The summed E-state index contributed by atoms with van der Waals surface area (Å²) in [5.74, 6) is -0.209. The van der Waals surface area contributed by atoms with Gasteiger partial charge in [-0.1, -0.05) is 0 Å². The predicted octanol–water partition coefficient (Wildman–Crippen LogP) is -0.454. The Morgan fingerprint density at radius 1 is 1.58 bits per heavy atom. The van der Waals surface area contributed by atoms with Gasteiger partial charge in [0.1, 0.15) is 0 Å². The van der Waals surface area contributed by atoms with E-state index in [4.69, 9.17) is 9.47 Å². The molecule has 7 nitrogen and oxygen atoms in total. The molecule has 0 spiro atoms. The quantitative estimate of drug-likeness (QED) is 0.795. The lowest BCUT2D eigenvalue weighted by atomic mass is 10.2. The third-order valence-electron chi connectivity index (χ3n) is 2.91. The number of amides is 1. The van der Waals surface area contributed by atoms with Crippen LogP contribution < -0.4 is 10.1 Å².